The number of nitrogens with one attached hydrogen (secondary N) is 2. The highest BCUT2D eigenvalue weighted by Gasteiger charge is 2.19. The van der Waals surface area contributed by atoms with Gasteiger partial charge in [-0.3, -0.25) is 0 Å². The minimum atomic E-state index is -0.944. The fourth-order valence-electron chi connectivity index (χ4n) is 1.72. The molecule has 0 saturated carbocycles. The Labute approximate surface area is 92.5 Å². The van der Waals surface area contributed by atoms with Crippen molar-refractivity contribution in [1.82, 2.24) is 10.6 Å². The highest BCUT2D eigenvalue weighted by atomic mass is 16.4. The molecule has 2 rings (SSSR count). The van der Waals surface area contributed by atoms with E-state index in [1.807, 2.05) is 0 Å². The van der Waals surface area contributed by atoms with Crippen molar-refractivity contribution in [3.63, 3.8) is 0 Å². The number of carbonyl (C=O) groups excluding carboxylic acids is 1. The Morgan fingerprint density at radius 2 is 2.00 bits per heavy atom. The first-order chi connectivity index (χ1) is 7.66. The van der Waals surface area contributed by atoms with Crippen LogP contribution in [0.4, 0.5) is 4.79 Å². The lowest BCUT2D eigenvalue weighted by molar-refractivity contribution is 0.0697. The molecule has 1 aromatic rings. The number of hydrogen-bond donors (Lipinski definition) is 3. The van der Waals surface area contributed by atoms with E-state index in [4.69, 9.17) is 5.11 Å². The number of urea groups is 1. The average Bonchev–Trinajstić information content (AvgIpc) is 2.29. The lowest BCUT2D eigenvalue weighted by Gasteiger charge is -2.24. The summed E-state index contributed by atoms with van der Waals surface area (Å²) >= 11 is 0. The molecule has 16 heavy (non-hydrogen) atoms. The first-order valence-corrected chi connectivity index (χ1v) is 5.04. The third-order valence-corrected chi connectivity index (χ3v) is 2.58. The van der Waals surface area contributed by atoms with Crippen LogP contribution >= 0.6 is 0 Å². The highest BCUT2D eigenvalue weighted by Crippen LogP contribution is 2.18. The van der Waals surface area contributed by atoms with Crippen molar-refractivity contribution < 1.29 is 14.7 Å². The van der Waals surface area contributed by atoms with E-state index in [1.165, 1.54) is 0 Å². The minimum absolute atomic E-state index is 0.0309. The van der Waals surface area contributed by atoms with Crippen molar-refractivity contribution >= 4 is 12.0 Å². The molecule has 0 aliphatic carbocycles. The summed E-state index contributed by atoms with van der Waals surface area (Å²) in [6.45, 7) is 0.636. The predicted molar refractivity (Wildman–Crippen MR) is 57.3 cm³/mol. The normalized spacial score (nSPS) is 19.8. The maximum Gasteiger partial charge on any atom is 0.335 e. The number of aromatic carboxylic acids is 1. The smallest absolute Gasteiger partial charge is 0.335 e. The molecular weight excluding hydrogens is 208 g/mol. The van der Waals surface area contributed by atoms with Crippen LogP contribution in [0.25, 0.3) is 0 Å². The largest absolute Gasteiger partial charge is 0.478 e. The molecule has 1 aliphatic rings. The molecule has 1 fully saturated rings. The fraction of sp³-hybridized carbons (Fsp3) is 0.273. The van der Waals surface area contributed by atoms with Crippen molar-refractivity contribution in [2.24, 2.45) is 0 Å². The SMILES string of the molecule is O=C1NCCC(c2ccc(C(=O)O)cc2)N1. The Morgan fingerprint density at radius 1 is 1.31 bits per heavy atom. The Kier molecular flexibility index (Phi) is 2.76. The molecule has 2 amide bonds. The molecule has 0 radical (unpaired) electrons. The Bertz CT molecular complexity index is 414. The number of rotatable bonds is 2. The summed E-state index contributed by atoms with van der Waals surface area (Å²) in [6, 6.07) is 6.35. The second-order valence-electron chi connectivity index (χ2n) is 3.67. The van der Waals surface area contributed by atoms with Crippen LogP contribution in [-0.2, 0) is 0 Å². The van der Waals surface area contributed by atoms with Crippen molar-refractivity contribution in [3.05, 3.63) is 35.4 Å². The Morgan fingerprint density at radius 3 is 2.56 bits per heavy atom. The van der Waals surface area contributed by atoms with Crippen molar-refractivity contribution in [3.8, 4) is 0 Å². The van der Waals surface area contributed by atoms with E-state index < -0.39 is 5.97 Å². The van der Waals surface area contributed by atoms with Crippen LogP contribution in [0.1, 0.15) is 28.4 Å². The summed E-state index contributed by atoms with van der Waals surface area (Å²) in [5.41, 5.74) is 1.18. The molecule has 1 heterocycles. The van der Waals surface area contributed by atoms with E-state index in [-0.39, 0.29) is 17.6 Å². The molecule has 1 unspecified atom stereocenters. The molecule has 1 atom stereocenters. The van der Waals surface area contributed by atoms with Crippen LogP contribution < -0.4 is 10.6 Å². The minimum Gasteiger partial charge on any atom is -0.478 e. The summed E-state index contributed by atoms with van der Waals surface area (Å²) in [5, 5.41) is 14.2. The van der Waals surface area contributed by atoms with E-state index in [0.29, 0.717) is 6.54 Å². The van der Waals surface area contributed by atoms with Crippen molar-refractivity contribution in [2.45, 2.75) is 12.5 Å². The van der Waals surface area contributed by atoms with Gasteiger partial charge in [0.05, 0.1) is 11.6 Å². The molecule has 0 aromatic heterocycles. The first-order valence-electron chi connectivity index (χ1n) is 5.04. The number of carboxylic acid groups (broad SMARTS) is 1. The third-order valence-electron chi connectivity index (χ3n) is 2.58. The number of carboxylic acids is 1. The summed E-state index contributed by atoms with van der Waals surface area (Å²) in [7, 11) is 0. The van der Waals surface area contributed by atoms with E-state index in [1.54, 1.807) is 24.3 Å². The summed E-state index contributed by atoms with van der Waals surface area (Å²) in [6.07, 6.45) is 0.804. The van der Waals surface area contributed by atoms with Gasteiger partial charge in [-0.25, -0.2) is 9.59 Å². The number of hydrogen-bond acceptors (Lipinski definition) is 2. The lowest BCUT2D eigenvalue weighted by atomic mass is 10.0. The lowest BCUT2D eigenvalue weighted by Crippen LogP contribution is -2.44. The van der Waals surface area contributed by atoms with Crippen LogP contribution in [0.5, 0.6) is 0 Å². The van der Waals surface area contributed by atoms with Crippen LogP contribution in [-0.4, -0.2) is 23.7 Å². The maximum atomic E-state index is 11.1. The number of amides is 2. The van der Waals surface area contributed by atoms with Gasteiger partial charge in [0, 0.05) is 6.54 Å². The molecule has 5 heteroatoms. The average molecular weight is 220 g/mol. The van der Waals surface area contributed by atoms with E-state index >= 15 is 0 Å². The zero-order chi connectivity index (χ0) is 11.5. The van der Waals surface area contributed by atoms with Crippen molar-refractivity contribution in [1.29, 1.82) is 0 Å². The second kappa shape index (κ2) is 4.22. The molecule has 3 N–H and O–H groups in total. The van der Waals surface area contributed by atoms with E-state index in [2.05, 4.69) is 10.6 Å². The molecular formula is C11H12N2O3. The van der Waals surface area contributed by atoms with E-state index in [0.717, 1.165) is 12.0 Å². The van der Waals surface area contributed by atoms with Crippen LogP contribution in [0.15, 0.2) is 24.3 Å². The van der Waals surface area contributed by atoms with Gasteiger partial charge in [-0.2, -0.15) is 0 Å². The second-order valence-corrected chi connectivity index (χ2v) is 3.67. The first kappa shape index (κ1) is 10.5. The molecule has 1 saturated heterocycles. The summed E-state index contributed by atoms with van der Waals surface area (Å²) in [5.74, 6) is -0.944. The molecule has 1 aliphatic heterocycles. The highest BCUT2D eigenvalue weighted by molar-refractivity contribution is 5.87. The summed E-state index contributed by atoms with van der Waals surface area (Å²) < 4.78 is 0. The monoisotopic (exact) mass is 220 g/mol. The predicted octanol–water partition coefficient (Wildman–Crippen LogP) is 1.13. The Hall–Kier alpha value is -2.04. The van der Waals surface area contributed by atoms with Crippen LogP contribution in [0.2, 0.25) is 0 Å². The van der Waals surface area contributed by atoms with Gasteiger partial charge >= 0.3 is 12.0 Å². The van der Waals surface area contributed by atoms with Gasteiger partial charge in [0.15, 0.2) is 0 Å². The molecule has 1 aromatic carbocycles. The van der Waals surface area contributed by atoms with Gasteiger partial charge in [0.1, 0.15) is 0 Å². The third kappa shape index (κ3) is 2.13. The fourth-order valence-corrected chi connectivity index (χ4v) is 1.72. The molecule has 0 spiro atoms. The standard InChI is InChI=1S/C11H12N2O3/c14-10(15)8-3-1-7(2-4-8)9-5-6-12-11(16)13-9/h1-4,9H,5-6H2,(H,14,15)(H2,12,13,16). The number of benzene rings is 1. The topological polar surface area (TPSA) is 78.4 Å². The van der Waals surface area contributed by atoms with Gasteiger partial charge in [-0.1, -0.05) is 12.1 Å². The molecule has 84 valence electrons. The van der Waals surface area contributed by atoms with Crippen LogP contribution in [0.3, 0.4) is 0 Å². The summed E-state index contributed by atoms with van der Waals surface area (Å²) in [4.78, 5) is 21.8. The van der Waals surface area contributed by atoms with Gasteiger partial charge < -0.3 is 15.7 Å². The van der Waals surface area contributed by atoms with Gasteiger partial charge in [-0.05, 0) is 24.1 Å². The quantitative estimate of drug-likeness (QED) is 0.699. The zero-order valence-corrected chi connectivity index (χ0v) is 8.56. The van der Waals surface area contributed by atoms with Crippen molar-refractivity contribution in [2.75, 3.05) is 6.54 Å². The Balaban J connectivity index is 2.14. The van der Waals surface area contributed by atoms with Crippen LogP contribution in [0, 0.1) is 0 Å². The van der Waals surface area contributed by atoms with Gasteiger partial charge in [0.2, 0.25) is 0 Å². The molecule has 5 nitrogen and oxygen atoms in total. The number of carbonyl (C=O) groups is 2. The zero-order valence-electron chi connectivity index (χ0n) is 8.56. The van der Waals surface area contributed by atoms with E-state index in [9.17, 15) is 9.59 Å². The van der Waals surface area contributed by atoms with Gasteiger partial charge in [-0.15, -0.1) is 0 Å². The molecule has 0 bridgehead atoms. The maximum absolute atomic E-state index is 11.1. The van der Waals surface area contributed by atoms with Gasteiger partial charge in [0.25, 0.3) is 0 Å².